The first kappa shape index (κ1) is 31.2. The van der Waals surface area contributed by atoms with E-state index in [9.17, 15) is 9.59 Å². The minimum atomic E-state index is -1.09. The lowest BCUT2D eigenvalue weighted by Crippen LogP contribution is -2.41. The molecule has 38 heavy (non-hydrogen) atoms. The third-order valence-corrected chi connectivity index (χ3v) is 9.56. The third-order valence-electron chi connectivity index (χ3n) is 9.56. The summed E-state index contributed by atoms with van der Waals surface area (Å²) in [5.41, 5.74) is -0.442. The van der Waals surface area contributed by atoms with Gasteiger partial charge in [-0.1, -0.05) is 37.7 Å². The van der Waals surface area contributed by atoms with E-state index in [1.807, 2.05) is 34.6 Å². The van der Waals surface area contributed by atoms with Crippen LogP contribution in [0.25, 0.3) is 0 Å². The fourth-order valence-electron chi connectivity index (χ4n) is 5.74. The Hall–Kier alpha value is -1.35. The van der Waals surface area contributed by atoms with Gasteiger partial charge in [0.1, 0.15) is 0 Å². The molecule has 0 aromatic rings. The van der Waals surface area contributed by atoms with E-state index in [0.29, 0.717) is 0 Å². The summed E-state index contributed by atoms with van der Waals surface area (Å²) in [5, 5.41) is 0. The van der Waals surface area contributed by atoms with Crippen LogP contribution >= 0.6 is 0 Å². The smallest absolute Gasteiger partial charge is 0.468 e. The highest BCUT2D eigenvalue weighted by atomic mass is 16.7. The maximum absolute atomic E-state index is 12.6. The fraction of sp³-hybridized carbons (Fsp3) is 0.857. The third kappa shape index (κ3) is 6.03. The summed E-state index contributed by atoms with van der Waals surface area (Å²) in [6.07, 6.45) is 5.65. The molecule has 0 radical (unpaired) electrons. The molecule has 2 aliphatic heterocycles. The molecule has 1 aliphatic carbocycles. The maximum Gasteiger partial charge on any atom is 0.490 e. The van der Waals surface area contributed by atoms with Crippen LogP contribution in [0, 0.1) is 11.8 Å². The first-order valence-electron chi connectivity index (χ1n) is 14.0. The zero-order valence-electron chi connectivity index (χ0n) is 25.4. The number of hydrogen-bond acceptors (Lipinski definition) is 8. The number of carbonyl (C=O) groups excluding carboxylic acids is 2. The molecule has 3 fully saturated rings. The van der Waals surface area contributed by atoms with Gasteiger partial charge in [-0.15, -0.1) is 0 Å². The molecule has 8 nitrogen and oxygen atoms in total. The van der Waals surface area contributed by atoms with Crippen molar-refractivity contribution in [2.75, 3.05) is 14.2 Å². The highest BCUT2D eigenvalue weighted by Crippen LogP contribution is 2.51. The molecule has 0 aromatic heterocycles. The monoisotopic (exact) mass is 534 g/mol. The molecule has 1 unspecified atom stereocenters. The minimum Gasteiger partial charge on any atom is -0.468 e. The summed E-state index contributed by atoms with van der Waals surface area (Å²) in [6.45, 7) is 18.3. The SMILES string of the molecule is COC(=O)C(C/C(C)=C(\B1OC(C)(C)C(C)(C)O1)C(B1OC(C)(C)C(C)(C)O1)C1CCCCC1)C(=O)OC. The first-order chi connectivity index (χ1) is 17.5. The fourth-order valence-corrected chi connectivity index (χ4v) is 5.74. The van der Waals surface area contributed by atoms with Crippen LogP contribution in [0.1, 0.15) is 101 Å². The van der Waals surface area contributed by atoms with E-state index in [0.717, 1.165) is 36.7 Å². The van der Waals surface area contributed by atoms with Gasteiger partial charge < -0.3 is 28.1 Å². The van der Waals surface area contributed by atoms with E-state index in [4.69, 9.17) is 28.1 Å². The van der Waals surface area contributed by atoms with Gasteiger partial charge in [0.25, 0.3) is 0 Å². The Morgan fingerprint density at radius 3 is 1.61 bits per heavy atom. The zero-order chi connectivity index (χ0) is 28.7. The van der Waals surface area contributed by atoms with Crippen LogP contribution in [0.15, 0.2) is 11.0 Å². The van der Waals surface area contributed by atoms with Crippen molar-refractivity contribution in [3.05, 3.63) is 11.0 Å². The van der Waals surface area contributed by atoms with Crippen molar-refractivity contribution >= 4 is 26.2 Å². The van der Waals surface area contributed by atoms with Crippen molar-refractivity contribution in [1.82, 2.24) is 0 Å². The Kier molecular flexibility index (Phi) is 9.24. The van der Waals surface area contributed by atoms with Gasteiger partial charge in [0.2, 0.25) is 0 Å². The van der Waals surface area contributed by atoms with E-state index < -0.39 is 54.5 Å². The molecule has 0 bridgehead atoms. The van der Waals surface area contributed by atoms with Crippen LogP contribution in [-0.4, -0.2) is 62.8 Å². The number of ether oxygens (including phenoxy) is 2. The van der Waals surface area contributed by atoms with Gasteiger partial charge >= 0.3 is 26.2 Å². The number of rotatable bonds is 8. The summed E-state index contributed by atoms with van der Waals surface area (Å²) in [4.78, 5) is 25.3. The molecule has 3 rings (SSSR count). The van der Waals surface area contributed by atoms with E-state index >= 15 is 0 Å². The molecule has 0 amide bonds. The molecule has 0 N–H and O–H groups in total. The Bertz CT molecular complexity index is 872. The van der Waals surface area contributed by atoms with E-state index in [1.165, 1.54) is 20.6 Å². The second kappa shape index (κ2) is 11.3. The molecule has 2 saturated heterocycles. The van der Waals surface area contributed by atoms with Crippen molar-refractivity contribution in [2.24, 2.45) is 11.8 Å². The topological polar surface area (TPSA) is 89.5 Å². The second-order valence-electron chi connectivity index (χ2n) is 13.2. The Morgan fingerprint density at radius 2 is 1.18 bits per heavy atom. The molecule has 1 atom stereocenters. The Morgan fingerprint density at radius 1 is 0.763 bits per heavy atom. The van der Waals surface area contributed by atoms with Crippen molar-refractivity contribution in [3.8, 4) is 0 Å². The van der Waals surface area contributed by atoms with Gasteiger partial charge in [0, 0.05) is 5.82 Å². The first-order valence-corrected chi connectivity index (χ1v) is 14.0. The molecule has 2 heterocycles. The van der Waals surface area contributed by atoms with E-state index in [-0.39, 0.29) is 18.2 Å². The molecule has 3 aliphatic rings. The normalized spacial score (nSPS) is 25.8. The van der Waals surface area contributed by atoms with Gasteiger partial charge in [-0.3, -0.25) is 9.59 Å². The van der Waals surface area contributed by atoms with E-state index in [1.54, 1.807) is 0 Å². The van der Waals surface area contributed by atoms with Crippen molar-refractivity contribution in [3.63, 3.8) is 0 Å². The summed E-state index contributed by atoms with van der Waals surface area (Å²) in [7, 11) is 1.35. The lowest BCUT2D eigenvalue weighted by atomic mass is 9.49. The summed E-state index contributed by atoms with van der Waals surface area (Å²) >= 11 is 0. The Labute approximate surface area is 230 Å². The van der Waals surface area contributed by atoms with E-state index in [2.05, 4.69) is 27.7 Å². The largest absolute Gasteiger partial charge is 0.490 e. The lowest BCUT2D eigenvalue weighted by molar-refractivity contribution is -0.158. The number of allylic oxidation sites excluding steroid dienone is 2. The molecule has 214 valence electrons. The van der Waals surface area contributed by atoms with Crippen molar-refractivity contribution in [1.29, 1.82) is 0 Å². The van der Waals surface area contributed by atoms with Gasteiger partial charge in [-0.05, 0) is 80.1 Å². The predicted molar refractivity (Wildman–Crippen MR) is 147 cm³/mol. The predicted octanol–water partition coefficient (Wildman–Crippen LogP) is 5.33. The standard InChI is InChI=1S/C28H48B2O8/c1-18(17-20(23(31)33-10)24(32)34-11)21(29-35-25(2,3)26(4,5)36-29)22(19-15-13-12-14-16-19)30-37-27(6,7)28(8,9)38-30/h19-20,22H,12-17H2,1-11H3/b21-18-. The summed E-state index contributed by atoms with van der Waals surface area (Å²) in [5.74, 6) is -2.25. The molecule has 0 aromatic carbocycles. The van der Waals surface area contributed by atoms with Gasteiger partial charge in [0.15, 0.2) is 5.92 Å². The summed E-state index contributed by atoms with van der Waals surface area (Å²) < 4.78 is 36.5. The second-order valence-corrected chi connectivity index (χ2v) is 13.2. The van der Waals surface area contributed by atoms with Crippen LogP contribution in [0.5, 0.6) is 0 Å². The maximum atomic E-state index is 12.6. The van der Waals surface area contributed by atoms with Crippen LogP contribution in [0.3, 0.4) is 0 Å². The molecule has 10 heteroatoms. The quantitative estimate of drug-likeness (QED) is 0.235. The summed E-state index contributed by atoms with van der Waals surface area (Å²) in [6, 6.07) is 0. The zero-order valence-corrected chi connectivity index (χ0v) is 25.4. The molecule has 0 spiro atoms. The van der Waals surface area contributed by atoms with Crippen LogP contribution in [0.2, 0.25) is 5.82 Å². The van der Waals surface area contributed by atoms with Crippen LogP contribution in [0.4, 0.5) is 0 Å². The Balaban J connectivity index is 2.17. The molecular weight excluding hydrogens is 486 g/mol. The highest BCUT2D eigenvalue weighted by Gasteiger charge is 2.60. The van der Waals surface area contributed by atoms with Crippen molar-refractivity contribution in [2.45, 2.75) is 129 Å². The minimum absolute atomic E-state index is 0.126. The highest BCUT2D eigenvalue weighted by molar-refractivity contribution is 6.61. The number of methoxy groups -OCH3 is 2. The lowest BCUT2D eigenvalue weighted by Gasteiger charge is -2.35. The van der Waals surface area contributed by atoms with Crippen LogP contribution in [-0.2, 0) is 37.7 Å². The molecular formula is C28H48B2O8. The number of hydrogen-bond donors (Lipinski definition) is 0. The van der Waals surface area contributed by atoms with Gasteiger partial charge in [-0.25, -0.2) is 0 Å². The van der Waals surface area contributed by atoms with Crippen LogP contribution < -0.4 is 0 Å². The average molecular weight is 534 g/mol. The molecule has 1 saturated carbocycles. The van der Waals surface area contributed by atoms with Gasteiger partial charge in [-0.2, -0.15) is 0 Å². The van der Waals surface area contributed by atoms with Gasteiger partial charge in [0.05, 0.1) is 36.6 Å². The number of esters is 2. The van der Waals surface area contributed by atoms with Crippen molar-refractivity contribution < 1.29 is 37.7 Å². The average Bonchev–Trinajstić information content (AvgIpc) is 3.18. The number of carbonyl (C=O) groups is 2.